The minimum atomic E-state index is -0.487. The van der Waals surface area contributed by atoms with Gasteiger partial charge in [-0.3, -0.25) is 4.79 Å². The van der Waals surface area contributed by atoms with Crippen LogP contribution in [0.25, 0.3) is 10.2 Å². The molecular formula is C22H21FN2O2S. The van der Waals surface area contributed by atoms with Gasteiger partial charge in [0.25, 0.3) is 0 Å². The smallest absolute Gasteiger partial charge is 0.228 e. The van der Waals surface area contributed by atoms with Crippen molar-refractivity contribution >= 4 is 33.1 Å². The normalized spacial score (nSPS) is 10.6. The summed E-state index contributed by atoms with van der Waals surface area (Å²) in [6.07, 6.45) is 8.59. The molecule has 0 unspecified atom stereocenters. The highest BCUT2D eigenvalue weighted by Crippen LogP contribution is 2.24. The van der Waals surface area contributed by atoms with Gasteiger partial charge in [0.1, 0.15) is 0 Å². The molecule has 0 aliphatic carbocycles. The van der Waals surface area contributed by atoms with E-state index in [1.54, 1.807) is 29.8 Å². The first kappa shape index (κ1) is 19.8. The van der Waals surface area contributed by atoms with Gasteiger partial charge in [0, 0.05) is 17.7 Å². The molecule has 1 heterocycles. The minimum Gasteiger partial charge on any atom is -0.491 e. The number of hydrogen-bond acceptors (Lipinski definition) is 4. The van der Waals surface area contributed by atoms with Crippen LogP contribution in [0.4, 0.5) is 10.1 Å². The Morgan fingerprint density at radius 2 is 2.14 bits per heavy atom. The predicted octanol–water partition coefficient (Wildman–Crippen LogP) is 5.19. The zero-order valence-corrected chi connectivity index (χ0v) is 16.2. The molecule has 4 nitrogen and oxygen atoms in total. The quantitative estimate of drug-likeness (QED) is 0.400. The lowest BCUT2D eigenvalue weighted by atomic mass is 10.1. The summed E-state index contributed by atoms with van der Waals surface area (Å²) in [6, 6.07) is 10.4. The van der Waals surface area contributed by atoms with E-state index in [9.17, 15) is 9.18 Å². The van der Waals surface area contributed by atoms with Crippen molar-refractivity contribution in [2.24, 2.45) is 0 Å². The summed E-state index contributed by atoms with van der Waals surface area (Å²) in [4.78, 5) is 16.5. The van der Waals surface area contributed by atoms with Gasteiger partial charge in [-0.05, 0) is 43.5 Å². The van der Waals surface area contributed by atoms with E-state index in [-0.39, 0.29) is 18.1 Å². The van der Waals surface area contributed by atoms with Crippen LogP contribution in [-0.2, 0) is 11.2 Å². The predicted molar refractivity (Wildman–Crippen MR) is 111 cm³/mol. The number of ether oxygens (including phenoxy) is 1. The Kier molecular flexibility index (Phi) is 6.99. The van der Waals surface area contributed by atoms with Crippen molar-refractivity contribution in [2.45, 2.75) is 32.1 Å². The fraction of sp³-hybridized carbons (Fsp3) is 0.273. The summed E-state index contributed by atoms with van der Waals surface area (Å²) in [5, 5.41) is 2.81. The number of fused-ring (bicyclic) bond motifs is 1. The van der Waals surface area contributed by atoms with Crippen LogP contribution in [0, 0.1) is 18.2 Å². The Morgan fingerprint density at radius 1 is 1.25 bits per heavy atom. The van der Waals surface area contributed by atoms with Crippen molar-refractivity contribution in [3.8, 4) is 18.1 Å². The maximum Gasteiger partial charge on any atom is 0.228 e. The molecule has 1 N–H and O–H groups in total. The lowest BCUT2D eigenvalue weighted by molar-refractivity contribution is -0.115. The molecular weight excluding hydrogens is 375 g/mol. The molecule has 0 bridgehead atoms. The van der Waals surface area contributed by atoms with Gasteiger partial charge in [-0.2, -0.15) is 0 Å². The van der Waals surface area contributed by atoms with Gasteiger partial charge in [0.05, 0.1) is 28.8 Å². The number of anilines is 1. The standard InChI is InChI=1S/C22H21FN2O2S/c1-2-3-4-5-6-12-27-19-9-7-8-16(22(19)23)13-21(26)25-17-10-11-18-20(14-17)28-15-24-18/h1,7-11,14-15H,3-6,12-13H2,(H,25,26). The zero-order valence-electron chi connectivity index (χ0n) is 15.4. The average Bonchev–Trinajstić information content (AvgIpc) is 3.15. The maximum atomic E-state index is 14.6. The van der Waals surface area contributed by atoms with Gasteiger partial charge in [-0.1, -0.05) is 12.1 Å². The van der Waals surface area contributed by atoms with E-state index < -0.39 is 5.82 Å². The molecule has 28 heavy (non-hydrogen) atoms. The van der Waals surface area contributed by atoms with Gasteiger partial charge in [0.15, 0.2) is 11.6 Å². The lowest BCUT2D eigenvalue weighted by Gasteiger charge is -2.10. The number of halogens is 1. The van der Waals surface area contributed by atoms with Gasteiger partial charge >= 0.3 is 0 Å². The second-order valence-corrected chi connectivity index (χ2v) is 7.24. The minimum absolute atomic E-state index is 0.0636. The number of carbonyl (C=O) groups is 1. The van der Waals surface area contributed by atoms with Crippen LogP contribution in [-0.4, -0.2) is 17.5 Å². The largest absolute Gasteiger partial charge is 0.491 e. The Hall–Kier alpha value is -2.91. The molecule has 0 spiro atoms. The summed E-state index contributed by atoms with van der Waals surface area (Å²) in [5.41, 5.74) is 3.62. The molecule has 3 aromatic rings. The molecule has 0 aliphatic heterocycles. The number of thiazole rings is 1. The molecule has 6 heteroatoms. The Labute approximate surface area is 167 Å². The van der Waals surface area contributed by atoms with Crippen molar-refractivity contribution in [1.82, 2.24) is 4.98 Å². The first-order valence-corrected chi connectivity index (χ1v) is 10.0. The van der Waals surface area contributed by atoms with Gasteiger partial charge in [-0.25, -0.2) is 9.37 Å². The summed E-state index contributed by atoms with van der Waals surface area (Å²) in [6.45, 7) is 0.423. The van der Waals surface area contributed by atoms with E-state index in [0.717, 1.165) is 35.9 Å². The topological polar surface area (TPSA) is 51.2 Å². The lowest BCUT2D eigenvalue weighted by Crippen LogP contribution is -2.15. The van der Waals surface area contributed by atoms with Crippen molar-refractivity contribution in [3.63, 3.8) is 0 Å². The van der Waals surface area contributed by atoms with Crippen LogP contribution in [0.1, 0.15) is 31.2 Å². The molecule has 3 rings (SSSR count). The highest BCUT2D eigenvalue weighted by atomic mass is 32.1. The third-order valence-electron chi connectivity index (χ3n) is 4.23. The Balaban J connectivity index is 1.55. The van der Waals surface area contributed by atoms with Crippen molar-refractivity contribution < 1.29 is 13.9 Å². The molecule has 0 radical (unpaired) electrons. The highest BCUT2D eigenvalue weighted by Gasteiger charge is 2.13. The first-order valence-electron chi connectivity index (χ1n) is 9.14. The number of carbonyl (C=O) groups excluding carboxylic acids is 1. The highest BCUT2D eigenvalue weighted by molar-refractivity contribution is 7.16. The van der Waals surface area contributed by atoms with Crippen LogP contribution in [0.2, 0.25) is 0 Å². The number of hydrogen-bond donors (Lipinski definition) is 1. The van der Waals surface area contributed by atoms with Crippen LogP contribution in [0.5, 0.6) is 5.75 Å². The molecule has 144 valence electrons. The monoisotopic (exact) mass is 396 g/mol. The van der Waals surface area contributed by atoms with Crippen LogP contribution in [0.3, 0.4) is 0 Å². The Morgan fingerprint density at radius 3 is 3.00 bits per heavy atom. The van der Waals surface area contributed by atoms with E-state index in [1.807, 2.05) is 12.1 Å². The third-order valence-corrected chi connectivity index (χ3v) is 5.02. The molecule has 0 saturated heterocycles. The van der Waals surface area contributed by atoms with Crippen LogP contribution < -0.4 is 10.1 Å². The summed E-state index contributed by atoms with van der Waals surface area (Å²) >= 11 is 1.50. The Bertz CT molecular complexity index is 994. The molecule has 0 aliphatic rings. The molecule has 0 saturated carbocycles. The number of unbranched alkanes of at least 4 members (excludes halogenated alkanes) is 3. The number of nitrogens with zero attached hydrogens (tertiary/aromatic N) is 1. The van der Waals surface area contributed by atoms with E-state index in [4.69, 9.17) is 11.2 Å². The number of aromatic nitrogens is 1. The molecule has 2 aromatic carbocycles. The summed E-state index contributed by atoms with van der Waals surface area (Å²) < 4.78 is 21.2. The second-order valence-electron chi connectivity index (χ2n) is 6.35. The first-order chi connectivity index (χ1) is 13.7. The summed E-state index contributed by atoms with van der Waals surface area (Å²) in [5.74, 6) is 2.00. The van der Waals surface area contributed by atoms with Crippen molar-refractivity contribution in [3.05, 3.63) is 53.3 Å². The third kappa shape index (κ3) is 5.30. The van der Waals surface area contributed by atoms with Gasteiger partial charge in [-0.15, -0.1) is 23.7 Å². The maximum absolute atomic E-state index is 14.6. The van der Waals surface area contributed by atoms with E-state index in [2.05, 4.69) is 16.2 Å². The number of nitrogens with one attached hydrogen (secondary N) is 1. The van der Waals surface area contributed by atoms with Gasteiger partial charge < -0.3 is 10.1 Å². The molecule has 0 atom stereocenters. The molecule has 0 fully saturated rings. The summed E-state index contributed by atoms with van der Waals surface area (Å²) in [7, 11) is 0. The molecule has 1 aromatic heterocycles. The second kappa shape index (κ2) is 9.86. The van der Waals surface area contributed by atoms with Crippen molar-refractivity contribution in [2.75, 3.05) is 11.9 Å². The van der Waals surface area contributed by atoms with E-state index in [0.29, 0.717) is 17.9 Å². The fourth-order valence-corrected chi connectivity index (χ4v) is 3.52. The average molecular weight is 396 g/mol. The van der Waals surface area contributed by atoms with E-state index >= 15 is 0 Å². The van der Waals surface area contributed by atoms with E-state index in [1.165, 1.54) is 11.3 Å². The van der Waals surface area contributed by atoms with Crippen LogP contribution in [0.15, 0.2) is 41.9 Å². The number of terminal acetylenes is 1. The number of benzene rings is 2. The number of amides is 1. The molecule has 1 amide bonds. The van der Waals surface area contributed by atoms with Gasteiger partial charge in [0.2, 0.25) is 5.91 Å². The van der Waals surface area contributed by atoms with Crippen LogP contribution >= 0.6 is 11.3 Å². The van der Waals surface area contributed by atoms with Crippen molar-refractivity contribution in [1.29, 1.82) is 0 Å². The zero-order chi connectivity index (χ0) is 19.8. The number of rotatable bonds is 9. The fourth-order valence-electron chi connectivity index (χ4n) is 2.80. The SMILES string of the molecule is C#CCCCCCOc1cccc(CC(=O)Nc2ccc3ncsc3c2)c1F.